The van der Waals surface area contributed by atoms with Crippen molar-refractivity contribution >= 4 is 12.4 Å². The van der Waals surface area contributed by atoms with Gasteiger partial charge in [-0.3, -0.25) is 0 Å². The van der Waals surface area contributed by atoms with E-state index < -0.39 is 12.1 Å². The molecule has 1 N–H and O–H groups in total. The first kappa shape index (κ1) is 10.8. The molecule has 0 atom stereocenters. The molecule has 2 heterocycles. The summed E-state index contributed by atoms with van der Waals surface area (Å²) in [5, 5.41) is 10.1. The van der Waals surface area contributed by atoms with E-state index in [1.54, 1.807) is 0 Å². The summed E-state index contributed by atoms with van der Waals surface area (Å²) < 4.78 is 24.9. The van der Waals surface area contributed by atoms with E-state index >= 15 is 0 Å². The summed E-state index contributed by atoms with van der Waals surface area (Å²) in [6.45, 7) is 1.62. The fourth-order valence-corrected chi connectivity index (χ4v) is 1.73. The molecule has 76 valence electrons. The number of rotatable bonds is 2. The third-order valence-corrected chi connectivity index (χ3v) is 2.59. The molecule has 1 fully saturated rings. The van der Waals surface area contributed by atoms with Crippen LogP contribution in [0.5, 0.6) is 0 Å². The van der Waals surface area contributed by atoms with Crippen LogP contribution in [0.1, 0.15) is 12.8 Å². The summed E-state index contributed by atoms with van der Waals surface area (Å²) in [5.74, 6) is -0.0428. The van der Waals surface area contributed by atoms with Crippen LogP contribution in [0.25, 0.3) is 0 Å². The van der Waals surface area contributed by atoms with E-state index in [-0.39, 0.29) is 18.3 Å². The Bertz CT molecular complexity index is 198. The van der Waals surface area contributed by atoms with Crippen molar-refractivity contribution in [2.75, 3.05) is 13.1 Å². The van der Waals surface area contributed by atoms with Crippen molar-refractivity contribution < 1.29 is 8.78 Å². The molecule has 1 saturated heterocycles. The molecular formula is C7H12ClF2N3. The van der Waals surface area contributed by atoms with Crippen LogP contribution in [0.3, 0.4) is 0 Å². The monoisotopic (exact) mass is 211 g/mol. The van der Waals surface area contributed by atoms with E-state index in [1.807, 2.05) is 0 Å². The van der Waals surface area contributed by atoms with Gasteiger partial charge in [-0.25, -0.2) is 8.78 Å². The predicted molar refractivity (Wildman–Crippen MR) is 46.4 cm³/mol. The molecule has 0 bridgehead atoms. The van der Waals surface area contributed by atoms with Gasteiger partial charge in [0.15, 0.2) is 0 Å². The highest BCUT2D eigenvalue weighted by molar-refractivity contribution is 5.85. The van der Waals surface area contributed by atoms with Crippen LogP contribution >= 0.6 is 12.4 Å². The molecule has 13 heavy (non-hydrogen) atoms. The lowest BCUT2D eigenvalue weighted by Crippen LogP contribution is -2.39. The summed E-state index contributed by atoms with van der Waals surface area (Å²) in [6, 6.07) is 0. The van der Waals surface area contributed by atoms with Gasteiger partial charge in [0.1, 0.15) is 0 Å². The van der Waals surface area contributed by atoms with Gasteiger partial charge in [0.05, 0.1) is 0 Å². The van der Waals surface area contributed by atoms with Gasteiger partial charge in [-0.05, 0) is 25.9 Å². The van der Waals surface area contributed by atoms with E-state index in [1.165, 1.54) is 0 Å². The SMILES string of the molecule is Cl.FC(F)C1(C2CCNCC2)N=N1. The van der Waals surface area contributed by atoms with Gasteiger partial charge in [-0.1, -0.05) is 0 Å². The van der Waals surface area contributed by atoms with Crippen molar-refractivity contribution in [3.8, 4) is 0 Å². The molecule has 0 amide bonds. The van der Waals surface area contributed by atoms with Crippen molar-refractivity contribution in [3.63, 3.8) is 0 Å². The normalized spacial score (nSPS) is 25.8. The van der Waals surface area contributed by atoms with Gasteiger partial charge >= 0.3 is 0 Å². The van der Waals surface area contributed by atoms with Gasteiger partial charge in [0.2, 0.25) is 0 Å². The molecule has 0 aromatic rings. The summed E-state index contributed by atoms with van der Waals surface area (Å²) in [6.07, 6.45) is -0.894. The van der Waals surface area contributed by atoms with Crippen LogP contribution in [0.15, 0.2) is 10.2 Å². The van der Waals surface area contributed by atoms with E-state index in [4.69, 9.17) is 0 Å². The topological polar surface area (TPSA) is 36.8 Å². The predicted octanol–water partition coefficient (Wildman–Crippen LogP) is 1.84. The van der Waals surface area contributed by atoms with Crippen molar-refractivity contribution in [2.45, 2.75) is 24.9 Å². The van der Waals surface area contributed by atoms with Crippen LogP contribution < -0.4 is 5.32 Å². The van der Waals surface area contributed by atoms with Gasteiger partial charge in [-0.2, -0.15) is 10.2 Å². The Morgan fingerprint density at radius 3 is 2.15 bits per heavy atom. The Hall–Kier alpha value is -0.290. The minimum Gasteiger partial charge on any atom is -0.317 e. The quantitative estimate of drug-likeness (QED) is 0.744. The van der Waals surface area contributed by atoms with Crippen molar-refractivity contribution in [1.29, 1.82) is 0 Å². The average Bonchev–Trinajstić information content (AvgIpc) is 2.86. The Balaban J connectivity index is 0.000000845. The summed E-state index contributed by atoms with van der Waals surface area (Å²) in [4.78, 5) is 0. The van der Waals surface area contributed by atoms with Gasteiger partial charge in [-0.15, -0.1) is 12.4 Å². The highest BCUT2D eigenvalue weighted by atomic mass is 35.5. The lowest BCUT2D eigenvalue weighted by molar-refractivity contribution is 0.0529. The third-order valence-electron chi connectivity index (χ3n) is 2.59. The Kier molecular flexibility index (Phi) is 3.18. The van der Waals surface area contributed by atoms with Crippen LogP contribution in [-0.2, 0) is 0 Å². The van der Waals surface area contributed by atoms with Crippen molar-refractivity contribution in [3.05, 3.63) is 0 Å². The molecule has 0 aromatic carbocycles. The lowest BCUT2D eigenvalue weighted by Gasteiger charge is -2.26. The molecule has 3 nitrogen and oxygen atoms in total. The van der Waals surface area contributed by atoms with Gasteiger partial charge < -0.3 is 5.32 Å². The van der Waals surface area contributed by atoms with Gasteiger partial charge in [0.25, 0.3) is 12.1 Å². The lowest BCUT2D eigenvalue weighted by atomic mass is 9.88. The third kappa shape index (κ3) is 1.81. The molecule has 0 aliphatic carbocycles. The molecule has 2 aliphatic heterocycles. The second-order valence-corrected chi connectivity index (χ2v) is 3.31. The van der Waals surface area contributed by atoms with E-state index in [9.17, 15) is 8.78 Å². The number of nitrogens with one attached hydrogen (secondary N) is 1. The number of nitrogens with zero attached hydrogens (tertiary/aromatic N) is 2. The smallest absolute Gasteiger partial charge is 0.287 e. The molecule has 0 radical (unpaired) electrons. The number of piperidine rings is 1. The number of alkyl halides is 2. The Labute approximate surface area is 81.4 Å². The molecule has 0 unspecified atom stereocenters. The Morgan fingerprint density at radius 1 is 1.23 bits per heavy atom. The fourth-order valence-electron chi connectivity index (χ4n) is 1.73. The minimum absolute atomic E-state index is 0. The summed E-state index contributed by atoms with van der Waals surface area (Å²) >= 11 is 0. The maximum absolute atomic E-state index is 12.5. The molecule has 0 spiro atoms. The molecule has 0 saturated carbocycles. The first-order chi connectivity index (χ1) is 5.76. The Morgan fingerprint density at radius 2 is 1.77 bits per heavy atom. The summed E-state index contributed by atoms with van der Waals surface area (Å²) in [5.41, 5.74) is -1.30. The first-order valence-electron chi connectivity index (χ1n) is 4.18. The largest absolute Gasteiger partial charge is 0.317 e. The zero-order chi connectivity index (χ0) is 8.60. The maximum Gasteiger partial charge on any atom is 0.287 e. The second-order valence-electron chi connectivity index (χ2n) is 3.31. The zero-order valence-electron chi connectivity index (χ0n) is 7.04. The maximum atomic E-state index is 12.5. The summed E-state index contributed by atoms with van der Waals surface area (Å²) in [7, 11) is 0. The minimum atomic E-state index is -2.42. The number of hydrogen-bond acceptors (Lipinski definition) is 3. The first-order valence-corrected chi connectivity index (χ1v) is 4.18. The number of halogens is 3. The fraction of sp³-hybridized carbons (Fsp3) is 1.00. The molecule has 2 rings (SSSR count). The molecule has 6 heteroatoms. The van der Waals surface area contributed by atoms with Crippen molar-refractivity contribution in [2.24, 2.45) is 16.1 Å². The highest BCUT2D eigenvalue weighted by Gasteiger charge is 2.55. The van der Waals surface area contributed by atoms with E-state index in [2.05, 4.69) is 15.5 Å². The van der Waals surface area contributed by atoms with Gasteiger partial charge in [0, 0.05) is 5.92 Å². The van der Waals surface area contributed by atoms with Crippen molar-refractivity contribution in [1.82, 2.24) is 5.32 Å². The standard InChI is InChI=1S/C7H11F2N3.ClH/c8-6(9)7(11-12-7)5-1-3-10-4-2-5;/h5-6,10H,1-4H2;1H. The van der Waals surface area contributed by atoms with Crippen LogP contribution in [-0.4, -0.2) is 25.2 Å². The average molecular weight is 212 g/mol. The highest BCUT2D eigenvalue weighted by Crippen LogP contribution is 2.45. The molecule has 0 aromatic heterocycles. The number of hydrogen-bond donors (Lipinski definition) is 1. The molecule has 2 aliphatic rings. The molecular weight excluding hydrogens is 200 g/mol. The van der Waals surface area contributed by atoms with E-state index in [0.717, 1.165) is 25.9 Å². The van der Waals surface area contributed by atoms with Crippen LogP contribution in [0, 0.1) is 5.92 Å². The van der Waals surface area contributed by atoms with Crippen LogP contribution in [0.4, 0.5) is 8.78 Å². The zero-order valence-corrected chi connectivity index (χ0v) is 7.86. The van der Waals surface area contributed by atoms with Crippen LogP contribution in [0.2, 0.25) is 0 Å². The van der Waals surface area contributed by atoms with E-state index in [0.29, 0.717) is 0 Å². The second kappa shape index (κ2) is 3.84.